The molecule has 0 aliphatic rings. The number of carbonyl (C=O) groups excluding carboxylic acids is 1. The SMILES string of the molecule is CC(C)CCN(CCC(C)C)C(=O)c1cnc2nc(-c3ccc(N)cc3)c(CCCCl)n2c1. The van der Waals surface area contributed by atoms with Crippen molar-refractivity contribution in [3.63, 3.8) is 0 Å². The Labute approximate surface area is 202 Å². The summed E-state index contributed by atoms with van der Waals surface area (Å²) in [7, 11) is 0. The summed E-state index contributed by atoms with van der Waals surface area (Å²) in [6, 6.07) is 7.67. The Morgan fingerprint density at radius 2 is 1.73 bits per heavy atom. The van der Waals surface area contributed by atoms with Gasteiger partial charge >= 0.3 is 0 Å². The lowest BCUT2D eigenvalue weighted by Crippen LogP contribution is -2.34. The summed E-state index contributed by atoms with van der Waals surface area (Å²) in [4.78, 5) is 24.8. The lowest BCUT2D eigenvalue weighted by Gasteiger charge is -2.24. The van der Waals surface area contributed by atoms with Gasteiger partial charge in [-0.1, -0.05) is 39.8 Å². The third-order valence-corrected chi connectivity index (χ3v) is 6.06. The molecule has 0 spiro atoms. The number of carbonyl (C=O) groups is 1. The molecule has 3 aromatic rings. The molecule has 0 saturated carbocycles. The van der Waals surface area contributed by atoms with Crippen LogP contribution in [0.5, 0.6) is 0 Å². The van der Waals surface area contributed by atoms with Crippen molar-refractivity contribution in [2.75, 3.05) is 24.7 Å². The monoisotopic (exact) mass is 469 g/mol. The van der Waals surface area contributed by atoms with Gasteiger partial charge in [-0.15, -0.1) is 11.6 Å². The van der Waals surface area contributed by atoms with Crippen molar-refractivity contribution in [2.24, 2.45) is 11.8 Å². The lowest BCUT2D eigenvalue weighted by molar-refractivity contribution is 0.0740. The van der Waals surface area contributed by atoms with Crippen LogP contribution in [0.1, 0.15) is 63.0 Å². The summed E-state index contributed by atoms with van der Waals surface area (Å²) in [5.41, 5.74) is 10.00. The number of hydrogen-bond donors (Lipinski definition) is 1. The number of rotatable bonds is 11. The van der Waals surface area contributed by atoms with Gasteiger partial charge in [0.2, 0.25) is 5.78 Å². The summed E-state index contributed by atoms with van der Waals surface area (Å²) in [5.74, 6) is 2.24. The number of hydrogen-bond acceptors (Lipinski definition) is 4. The van der Waals surface area contributed by atoms with Crippen LogP contribution in [0, 0.1) is 11.8 Å². The van der Waals surface area contributed by atoms with Gasteiger partial charge in [0.15, 0.2) is 0 Å². The molecular formula is C26H36ClN5O. The van der Waals surface area contributed by atoms with E-state index in [9.17, 15) is 4.79 Å². The first-order valence-electron chi connectivity index (χ1n) is 11.9. The Bertz CT molecular complexity index is 1050. The smallest absolute Gasteiger partial charge is 0.256 e. The highest BCUT2D eigenvalue weighted by atomic mass is 35.5. The van der Waals surface area contributed by atoms with E-state index in [2.05, 4.69) is 32.7 Å². The lowest BCUT2D eigenvalue weighted by atomic mass is 10.1. The minimum Gasteiger partial charge on any atom is -0.399 e. The molecule has 0 atom stereocenters. The molecule has 2 heterocycles. The molecule has 0 bridgehead atoms. The number of anilines is 1. The minimum absolute atomic E-state index is 0.0247. The number of fused-ring (bicyclic) bond motifs is 1. The summed E-state index contributed by atoms with van der Waals surface area (Å²) < 4.78 is 1.95. The van der Waals surface area contributed by atoms with E-state index in [-0.39, 0.29) is 5.91 Å². The van der Waals surface area contributed by atoms with Crippen molar-refractivity contribution in [1.29, 1.82) is 0 Å². The van der Waals surface area contributed by atoms with Gasteiger partial charge in [-0.05, 0) is 49.7 Å². The fourth-order valence-electron chi connectivity index (χ4n) is 3.76. The average Bonchev–Trinajstić information content (AvgIpc) is 3.15. The van der Waals surface area contributed by atoms with Gasteiger partial charge in [-0.25, -0.2) is 9.97 Å². The molecule has 1 amide bonds. The van der Waals surface area contributed by atoms with Crippen molar-refractivity contribution in [3.05, 3.63) is 47.9 Å². The highest BCUT2D eigenvalue weighted by Gasteiger charge is 2.20. The standard InChI is InChI=1S/C26H36ClN5O/c1-18(2)11-14-31(15-12-19(3)4)25(33)21-16-29-26-30-24(20-7-9-22(28)10-8-20)23(6-5-13-27)32(26)17-21/h7-10,16-19H,5-6,11-15,28H2,1-4H3. The first-order chi connectivity index (χ1) is 15.8. The predicted octanol–water partition coefficient (Wildman–Crippen LogP) is 5.68. The molecule has 7 heteroatoms. The van der Waals surface area contributed by atoms with E-state index >= 15 is 0 Å². The van der Waals surface area contributed by atoms with Gasteiger partial charge in [-0.3, -0.25) is 9.20 Å². The quantitative estimate of drug-likeness (QED) is 0.289. The van der Waals surface area contributed by atoms with Crippen molar-refractivity contribution >= 4 is 29.0 Å². The molecule has 0 saturated heterocycles. The molecule has 0 fully saturated rings. The molecule has 3 rings (SSSR count). The van der Waals surface area contributed by atoms with Crippen LogP contribution in [-0.2, 0) is 6.42 Å². The number of amides is 1. The van der Waals surface area contributed by atoms with Crippen LogP contribution < -0.4 is 5.73 Å². The Morgan fingerprint density at radius 1 is 1.09 bits per heavy atom. The minimum atomic E-state index is 0.0247. The molecule has 1 aromatic carbocycles. The second kappa shape index (κ2) is 11.5. The number of halogens is 1. The number of nitrogens with two attached hydrogens (primary N) is 1. The number of alkyl halides is 1. The molecule has 178 valence electrons. The topological polar surface area (TPSA) is 76.5 Å². The fraction of sp³-hybridized carbons (Fsp3) is 0.500. The Balaban J connectivity index is 1.99. The number of aryl methyl sites for hydroxylation is 1. The zero-order chi connectivity index (χ0) is 24.0. The van der Waals surface area contributed by atoms with Gasteiger partial charge in [0.25, 0.3) is 5.91 Å². The first-order valence-corrected chi connectivity index (χ1v) is 12.4. The van der Waals surface area contributed by atoms with E-state index in [1.807, 2.05) is 39.8 Å². The van der Waals surface area contributed by atoms with Crippen LogP contribution in [0.25, 0.3) is 17.0 Å². The van der Waals surface area contributed by atoms with Gasteiger partial charge in [0.1, 0.15) is 0 Å². The van der Waals surface area contributed by atoms with Crippen LogP contribution in [0.3, 0.4) is 0 Å². The van der Waals surface area contributed by atoms with Crippen LogP contribution in [0.15, 0.2) is 36.7 Å². The van der Waals surface area contributed by atoms with E-state index in [1.54, 1.807) is 6.20 Å². The van der Waals surface area contributed by atoms with Crippen molar-refractivity contribution < 1.29 is 4.79 Å². The largest absolute Gasteiger partial charge is 0.399 e. The molecule has 0 aliphatic heterocycles. The second-order valence-electron chi connectivity index (χ2n) is 9.49. The molecule has 0 unspecified atom stereocenters. The van der Waals surface area contributed by atoms with Crippen molar-refractivity contribution in [3.8, 4) is 11.3 Å². The summed E-state index contributed by atoms with van der Waals surface area (Å²) in [6.07, 6.45) is 7.05. The van der Waals surface area contributed by atoms with E-state index in [0.717, 1.165) is 55.7 Å². The number of imidazole rings is 1. The van der Waals surface area contributed by atoms with Crippen molar-refractivity contribution in [2.45, 2.75) is 53.4 Å². The van der Waals surface area contributed by atoms with Crippen LogP contribution >= 0.6 is 11.6 Å². The number of benzene rings is 1. The molecule has 6 nitrogen and oxygen atoms in total. The maximum Gasteiger partial charge on any atom is 0.256 e. The number of nitrogens with zero attached hydrogens (tertiary/aromatic N) is 4. The molecule has 0 radical (unpaired) electrons. The van der Waals surface area contributed by atoms with Gasteiger partial charge in [0, 0.05) is 42.6 Å². The maximum absolute atomic E-state index is 13.5. The van der Waals surface area contributed by atoms with Crippen LogP contribution in [-0.4, -0.2) is 44.1 Å². The summed E-state index contributed by atoms with van der Waals surface area (Å²) in [6.45, 7) is 10.2. The zero-order valence-corrected chi connectivity index (χ0v) is 21.0. The second-order valence-corrected chi connectivity index (χ2v) is 9.87. The van der Waals surface area contributed by atoms with Crippen LogP contribution in [0.4, 0.5) is 5.69 Å². The first kappa shape index (κ1) is 25.0. The molecule has 0 aliphatic carbocycles. The Hall–Kier alpha value is -2.60. The van der Waals surface area contributed by atoms with Crippen LogP contribution in [0.2, 0.25) is 0 Å². The summed E-state index contributed by atoms with van der Waals surface area (Å²) in [5, 5.41) is 0. The number of nitrogen functional groups attached to an aromatic ring is 1. The Morgan fingerprint density at radius 3 is 2.30 bits per heavy atom. The highest BCUT2D eigenvalue weighted by Crippen LogP contribution is 2.26. The third kappa shape index (κ3) is 6.47. The molecule has 2 aromatic heterocycles. The Kier molecular flexibility index (Phi) is 8.73. The van der Waals surface area contributed by atoms with E-state index in [1.165, 1.54) is 0 Å². The predicted molar refractivity (Wildman–Crippen MR) is 137 cm³/mol. The molecule has 33 heavy (non-hydrogen) atoms. The highest BCUT2D eigenvalue weighted by molar-refractivity contribution is 6.17. The van der Waals surface area contributed by atoms with Gasteiger partial charge < -0.3 is 10.6 Å². The van der Waals surface area contributed by atoms with Crippen molar-refractivity contribution in [1.82, 2.24) is 19.3 Å². The number of aromatic nitrogens is 3. The average molecular weight is 470 g/mol. The third-order valence-electron chi connectivity index (χ3n) is 5.80. The molecule has 2 N–H and O–H groups in total. The molecular weight excluding hydrogens is 434 g/mol. The van der Waals surface area contributed by atoms with E-state index in [4.69, 9.17) is 22.3 Å². The van der Waals surface area contributed by atoms with Gasteiger partial charge in [-0.2, -0.15) is 0 Å². The van der Waals surface area contributed by atoms with E-state index < -0.39 is 0 Å². The maximum atomic E-state index is 13.5. The van der Waals surface area contributed by atoms with Gasteiger partial charge in [0.05, 0.1) is 17.0 Å². The zero-order valence-electron chi connectivity index (χ0n) is 20.2. The van der Waals surface area contributed by atoms with E-state index in [0.29, 0.717) is 34.7 Å². The summed E-state index contributed by atoms with van der Waals surface area (Å²) >= 11 is 6.01. The fourth-order valence-corrected chi connectivity index (χ4v) is 3.89. The normalized spacial score (nSPS) is 11.6.